The van der Waals surface area contributed by atoms with Crippen LogP contribution in [0.2, 0.25) is 0 Å². The number of thiophene rings is 1. The van der Waals surface area contributed by atoms with E-state index in [0.29, 0.717) is 15.8 Å². The molecule has 1 N–H and O–H groups in total. The van der Waals surface area contributed by atoms with Gasteiger partial charge in [-0.15, -0.1) is 22.7 Å². The van der Waals surface area contributed by atoms with Crippen LogP contribution in [0.1, 0.15) is 9.67 Å². The van der Waals surface area contributed by atoms with Crippen molar-refractivity contribution < 1.29 is 14.3 Å². The van der Waals surface area contributed by atoms with Crippen molar-refractivity contribution in [1.29, 1.82) is 0 Å². The summed E-state index contributed by atoms with van der Waals surface area (Å²) in [7, 11) is 0. The molecule has 0 atom stereocenters. The van der Waals surface area contributed by atoms with E-state index in [2.05, 4.69) is 26.2 Å². The van der Waals surface area contributed by atoms with Gasteiger partial charge in [-0.1, -0.05) is 0 Å². The first-order valence-corrected chi connectivity index (χ1v) is 9.10. The number of carbonyl (C=O) groups is 1. The van der Waals surface area contributed by atoms with Crippen molar-refractivity contribution >= 4 is 49.6 Å². The van der Waals surface area contributed by atoms with Gasteiger partial charge in [0.05, 0.1) is 14.4 Å². The number of ether oxygens (including phenoxy) is 2. The highest BCUT2D eigenvalue weighted by molar-refractivity contribution is 9.11. The quantitative estimate of drug-likeness (QED) is 0.686. The maximum Gasteiger partial charge on any atom is 0.267 e. The molecular formula is C15H9BrN2O3S2. The number of nitrogens with zero attached hydrogens (tertiary/aromatic N) is 1. The minimum Gasteiger partial charge on any atom is -0.454 e. The number of anilines is 1. The lowest BCUT2D eigenvalue weighted by Gasteiger charge is -2.00. The first-order chi connectivity index (χ1) is 11.2. The molecule has 4 rings (SSSR count). The fourth-order valence-electron chi connectivity index (χ4n) is 2.11. The molecule has 0 bridgehead atoms. The minimum absolute atomic E-state index is 0.160. The molecule has 0 saturated heterocycles. The van der Waals surface area contributed by atoms with E-state index in [1.807, 2.05) is 29.6 Å². The molecule has 3 heterocycles. The van der Waals surface area contributed by atoms with E-state index in [0.717, 1.165) is 20.8 Å². The van der Waals surface area contributed by atoms with Gasteiger partial charge in [0.15, 0.2) is 16.6 Å². The number of hydrogen-bond acceptors (Lipinski definition) is 6. The van der Waals surface area contributed by atoms with Gasteiger partial charge in [0.2, 0.25) is 6.79 Å². The second kappa shape index (κ2) is 5.95. The Morgan fingerprint density at radius 2 is 2.09 bits per heavy atom. The second-order valence-electron chi connectivity index (χ2n) is 4.66. The molecule has 0 fully saturated rings. The molecule has 116 valence electrons. The smallest absolute Gasteiger partial charge is 0.267 e. The Kier molecular flexibility index (Phi) is 3.80. The molecule has 0 unspecified atom stereocenters. The zero-order valence-corrected chi connectivity index (χ0v) is 14.8. The number of amides is 1. The van der Waals surface area contributed by atoms with Crippen LogP contribution in [0.4, 0.5) is 5.13 Å². The summed E-state index contributed by atoms with van der Waals surface area (Å²) in [6.07, 6.45) is 0. The Hall–Kier alpha value is -1.90. The van der Waals surface area contributed by atoms with Crippen molar-refractivity contribution in [3.63, 3.8) is 0 Å². The van der Waals surface area contributed by atoms with E-state index in [1.165, 1.54) is 22.7 Å². The maximum absolute atomic E-state index is 12.1. The maximum atomic E-state index is 12.1. The van der Waals surface area contributed by atoms with Gasteiger partial charge in [-0.05, 0) is 46.3 Å². The highest BCUT2D eigenvalue weighted by Gasteiger charge is 2.16. The number of hydrogen-bond donors (Lipinski definition) is 1. The molecule has 0 radical (unpaired) electrons. The Morgan fingerprint density at radius 1 is 1.22 bits per heavy atom. The van der Waals surface area contributed by atoms with Crippen LogP contribution in [0.5, 0.6) is 11.5 Å². The molecule has 1 aromatic carbocycles. The summed E-state index contributed by atoms with van der Waals surface area (Å²) < 4.78 is 11.6. The Balaban J connectivity index is 1.54. The summed E-state index contributed by atoms with van der Waals surface area (Å²) in [5.74, 6) is 1.29. The molecule has 0 aliphatic carbocycles. The number of carbonyl (C=O) groups excluding carboxylic acids is 1. The summed E-state index contributed by atoms with van der Waals surface area (Å²) in [5.41, 5.74) is 1.71. The van der Waals surface area contributed by atoms with E-state index in [4.69, 9.17) is 9.47 Å². The third kappa shape index (κ3) is 2.97. The van der Waals surface area contributed by atoms with E-state index >= 15 is 0 Å². The predicted octanol–water partition coefficient (Wildman–Crippen LogP) is 4.62. The fraction of sp³-hybridized carbons (Fsp3) is 0.0667. The summed E-state index contributed by atoms with van der Waals surface area (Å²) in [5, 5.41) is 5.28. The molecule has 1 aliphatic rings. The summed E-state index contributed by atoms with van der Waals surface area (Å²) >= 11 is 6.12. The van der Waals surface area contributed by atoms with Gasteiger partial charge in [-0.3, -0.25) is 10.1 Å². The first-order valence-electron chi connectivity index (χ1n) is 6.61. The third-order valence-electron chi connectivity index (χ3n) is 3.19. The summed E-state index contributed by atoms with van der Waals surface area (Å²) in [4.78, 5) is 17.2. The largest absolute Gasteiger partial charge is 0.454 e. The topological polar surface area (TPSA) is 60.5 Å². The zero-order valence-electron chi connectivity index (χ0n) is 11.5. The van der Waals surface area contributed by atoms with E-state index in [9.17, 15) is 4.79 Å². The highest BCUT2D eigenvalue weighted by atomic mass is 79.9. The zero-order chi connectivity index (χ0) is 15.8. The van der Waals surface area contributed by atoms with Crippen LogP contribution in [0.25, 0.3) is 11.3 Å². The monoisotopic (exact) mass is 408 g/mol. The van der Waals surface area contributed by atoms with Gasteiger partial charge in [0, 0.05) is 10.9 Å². The second-order valence-corrected chi connectivity index (χ2v) is 7.98. The molecule has 0 saturated carbocycles. The fourth-order valence-corrected chi connectivity index (χ4v) is 4.11. The van der Waals surface area contributed by atoms with Crippen LogP contribution in [-0.4, -0.2) is 17.7 Å². The SMILES string of the molecule is O=C(Nc1nc(-c2ccc3c(c2)OCO3)cs1)c1ccc(Br)s1. The van der Waals surface area contributed by atoms with Gasteiger partial charge in [0.1, 0.15) is 0 Å². The third-order valence-corrected chi connectivity index (χ3v) is 5.57. The van der Waals surface area contributed by atoms with E-state index in [-0.39, 0.29) is 12.7 Å². The Bertz CT molecular complexity index is 890. The van der Waals surface area contributed by atoms with Crippen LogP contribution < -0.4 is 14.8 Å². The molecule has 2 aromatic heterocycles. The van der Waals surface area contributed by atoms with Crippen molar-refractivity contribution in [2.24, 2.45) is 0 Å². The van der Waals surface area contributed by atoms with Gasteiger partial charge >= 0.3 is 0 Å². The van der Waals surface area contributed by atoms with Gasteiger partial charge in [-0.2, -0.15) is 0 Å². The molecule has 8 heteroatoms. The van der Waals surface area contributed by atoms with Crippen LogP contribution in [0.15, 0.2) is 39.5 Å². The number of fused-ring (bicyclic) bond motifs is 1. The van der Waals surface area contributed by atoms with E-state index in [1.54, 1.807) is 6.07 Å². The van der Waals surface area contributed by atoms with Crippen molar-refractivity contribution in [2.75, 3.05) is 12.1 Å². The number of benzene rings is 1. The van der Waals surface area contributed by atoms with Crippen LogP contribution in [0.3, 0.4) is 0 Å². The molecule has 0 spiro atoms. The number of rotatable bonds is 3. The van der Waals surface area contributed by atoms with Crippen molar-refractivity contribution in [3.8, 4) is 22.8 Å². The van der Waals surface area contributed by atoms with Crippen molar-refractivity contribution in [1.82, 2.24) is 4.98 Å². The normalized spacial score (nSPS) is 12.4. The Labute approximate surface area is 148 Å². The Morgan fingerprint density at radius 3 is 2.91 bits per heavy atom. The average molecular weight is 409 g/mol. The highest BCUT2D eigenvalue weighted by Crippen LogP contribution is 2.36. The molecular weight excluding hydrogens is 400 g/mol. The van der Waals surface area contributed by atoms with E-state index < -0.39 is 0 Å². The predicted molar refractivity (Wildman–Crippen MR) is 93.6 cm³/mol. The number of aromatic nitrogens is 1. The minimum atomic E-state index is -0.160. The van der Waals surface area contributed by atoms with Crippen molar-refractivity contribution in [3.05, 3.63) is 44.4 Å². The van der Waals surface area contributed by atoms with Crippen LogP contribution in [0, 0.1) is 0 Å². The number of nitrogens with one attached hydrogen (secondary N) is 1. The number of thiazole rings is 1. The molecule has 23 heavy (non-hydrogen) atoms. The molecule has 1 amide bonds. The first kappa shape index (κ1) is 14.7. The summed E-state index contributed by atoms with van der Waals surface area (Å²) in [6.45, 7) is 0.244. The van der Waals surface area contributed by atoms with Crippen LogP contribution in [-0.2, 0) is 0 Å². The standard InChI is InChI=1S/C15H9BrN2O3S2/c16-13-4-3-12(23-13)14(19)18-15-17-9(6-22-15)8-1-2-10-11(5-8)21-7-20-10/h1-6H,7H2,(H,17,18,19). The van der Waals surface area contributed by atoms with Gasteiger partial charge < -0.3 is 9.47 Å². The van der Waals surface area contributed by atoms with Gasteiger partial charge in [0.25, 0.3) is 5.91 Å². The molecule has 3 aromatic rings. The molecule has 1 aliphatic heterocycles. The lowest BCUT2D eigenvalue weighted by Crippen LogP contribution is -2.09. The van der Waals surface area contributed by atoms with Crippen LogP contribution >= 0.6 is 38.6 Å². The lowest BCUT2D eigenvalue weighted by atomic mass is 10.1. The summed E-state index contributed by atoms with van der Waals surface area (Å²) in [6, 6.07) is 9.29. The van der Waals surface area contributed by atoms with Crippen molar-refractivity contribution in [2.45, 2.75) is 0 Å². The van der Waals surface area contributed by atoms with Gasteiger partial charge in [-0.25, -0.2) is 4.98 Å². The molecule has 5 nitrogen and oxygen atoms in total. The number of halogens is 1. The average Bonchev–Trinajstić information content (AvgIpc) is 3.26. The lowest BCUT2D eigenvalue weighted by molar-refractivity contribution is 0.103.